The molecular formula is C13H23NO3. The Hall–Kier alpha value is -1.06. The molecule has 1 aliphatic rings. The van der Waals surface area contributed by atoms with Crippen LogP contribution in [0.1, 0.15) is 39.5 Å². The van der Waals surface area contributed by atoms with Crippen molar-refractivity contribution in [1.82, 2.24) is 4.90 Å². The summed E-state index contributed by atoms with van der Waals surface area (Å²) in [5.74, 6) is 0.133. The number of carbonyl (C=O) groups is 2. The van der Waals surface area contributed by atoms with Gasteiger partial charge in [-0.3, -0.25) is 9.59 Å². The molecule has 0 bridgehead atoms. The molecule has 98 valence electrons. The summed E-state index contributed by atoms with van der Waals surface area (Å²) in [4.78, 5) is 25.3. The molecule has 0 atom stereocenters. The molecule has 4 heteroatoms. The van der Waals surface area contributed by atoms with Crippen molar-refractivity contribution in [3.63, 3.8) is 0 Å². The molecule has 1 saturated carbocycles. The highest BCUT2D eigenvalue weighted by Gasteiger charge is 2.39. The third-order valence-corrected chi connectivity index (χ3v) is 3.67. The number of nitrogens with zero attached hydrogens (tertiary/aromatic N) is 1. The second kappa shape index (κ2) is 5.52. The first-order chi connectivity index (χ1) is 7.89. The molecule has 0 unspecified atom stereocenters. The largest absolute Gasteiger partial charge is 0.468 e. The summed E-state index contributed by atoms with van der Waals surface area (Å²) < 4.78 is 4.66. The van der Waals surface area contributed by atoms with Gasteiger partial charge in [0.05, 0.1) is 7.11 Å². The molecule has 0 radical (unpaired) electrons. The van der Waals surface area contributed by atoms with Gasteiger partial charge in [-0.1, -0.05) is 19.3 Å². The Balaban J connectivity index is 2.46. The lowest BCUT2D eigenvalue weighted by molar-refractivity contribution is -0.160. The average Bonchev–Trinajstić information content (AvgIpc) is 2.24. The van der Waals surface area contributed by atoms with E-state index in [1.54, 1.807) is 25.8 Å². The van der Waals surface area contributed by atoms with Gasteiger partial charge in [-0.15, -0.1) is 0 Å². The highest BCUT2D eigenvalue weighted by molar-refractivity contribution is 6.01. The van der Waals surface area contributed by atoms with Gasteiger partial charge < -0.3 is 9.64 Å². The van der Waals surface area contributed by atoms with Crippen LogP contribution in [0.3, 0.4) is 0 Å². The minimum Gasteiger partial charge on any atom is -0.468 e. The van der Waals surface area contributed by atoms with E-state index < -0.39 is 11.4 Å². The molecule has 0 aromatic carbocycles. The van der Waals surface area contributed by atoms with Crippen molar-refractivity contribution in [2.24, 2.45) is 11.3 Å². The number of ether oxygens (including phenoxy) is 1. The zero-order valence-electron chi connectivity index (χ0n) is 11.3. The average molecular weight is 241 g/mol. The number of amides is 1. The van der Waals surface area contributed by atoms with Gasteiger partial charge in [0.25, 0.3) is 0 Å². The first kappa shape index (κ1) is 14.0. The van der Waals surface area contributed by atoms with Crippen molar-refractivity contribution >= 4 is 11.9 Å². The normalized spacial score (nSPS) is 16.2. The monoisotopic (exact) mass is 241 g/mol. The maximum absolute atomic E-state index is 12.1. The molecule has 0 spiro atoms. The standard InChI is InChI=1S/C13H23NO3/c1-13(2,12(16)17-4)11(15)14(3)9-8-10-6-5-7-10/h10H,5-9H2,1-4H3. The molecule has 0 heterocycles. The number of rotatable bonds is 5. The van der Waals surface area contributed by atoms with E-state index in [0.717, 1.165) is 18.9 Å². The lowest BCUT2D eigenvalue weighted by Crippen LogP contribution is -2.44. The van der Waals surface area contributed by atoms with Crippen LogP contribution in [0.25, 0.3) is 0 Å². The fraction of sp³-hybridized carbons (Fsp3) is 0.846. The molecule has 0 N–H and O–H groups in total. The number of esters is 1. The minimum atomic E-state index is -1.08. The van der Waals surface area contributed by atoms with Gasteiger partial charge in [-0.2, -0.15) is 0 Å². The number of methoxy groups -OCH3 is 1. The van der Waals surface area contributed by atoms with Crippen LogP contribution in [0.4, 0.5) is 0 Å². The van der Waals surface area contributed by atoms with Gasteiger partial charge >= 0.3 is 5.97 Å². The fourth-order valence-electron chi connectivity index (χ4n) is 2.08. The van der Waals surface area contributed by atoms with Crippen molar-refractivity contribution in [1.29, 1.82) is 0 Å². The second-order valence-corrected chi connectivity index (χ2v) is 5.43. The summed E-state index contributed by atoms with van der Waals surface area (Å²) in [6.45, 7) is 3.95. The Kier molecular flexibility index (Phi) is 4.54. The summed E-state index contributed by atoms with van der Waals surface area (Å²) in [5.41, 5.74) is -1.08. The molecule has 0 saturated heterocycles. The fourth-order valence-corrected chi connectivity index (χ4v) is 2.08. The summed E-state index contributed by atoms with van der Waals surface area (Å²) in [6.07, 6.45) is 4.92. The minimum absolute atomic E-state index is 0.163. The first-order valence-corrected chi connectivity index (χ1v) is 6.23. The summed E-state index contributed by atoms with van der Waals surface area (Å²) in [6, 6.07) is 0. The highest BCUT2D eigenvalue weighted by atomic mass is 16.5. The predicted molar refractivity (Wildman–Crippen MR) is 65.4 cm³/mol. The number of hydrogen-bond acceptors (Lipinski definition) is 3. The highest BCUT2D eigenvalue weighted by Crippen LogP contribution is 2.30. The molecule has 17 heavy (non-hydrogen) atoms. The van der Waals surface area contributed by atoms with E-state index in [0.29, 0.717) is 0 Å². The lowest BCUT2D eigenvalue weighted by Gasteiger charge is -2.30. The molecule has 1 rings (SSSR count). The summed E-state index contributed by atoms with van der Waals surface area (Å²) in [7, 11) is 3.07. The summed E-state index contributed by atoms with van der Waals surface area (Å²) >= 11 is 0. The molecular weight excluding hydrogens is 218 g/mol. The van der Waals surface area contributed by atoms with E-state index in [1.807, 2.05) is 0 Å². The number of carbonyl (C=O) groups excluding carboxylic acids is 2. The Morgan fingerprint density at radius 1 is 1.35 bits per heavy atom. The van der Waals surface area contributed by atoms with Crippen LogP contribution in [-0.4, -0.2) is 37.5 Å². The smallest absolute Gasteiger partial charge is 0.320 e. The Labute approximate surface area is 103 Å². The quantitative estimate of drug-likeness (QED) is 0.545. The van der Waals surface area contributed by atoms with Gasteiger partial charge in [0.1, 0.15) is 5.41 Å². The van der Waals surface area contributed by atoms with Crippen LogP contribution < -0.4 is 0 Å². The van der Waals surface area contributed by atoms with E-state index in [-0.39, 0.29) is 5.91 Å². The maximum Gasteiger partial charge on any atom is 0.320 e. The molecule has 0 aromatic heterocycles. The van der Waals surface area contributed by atoms with E-state index in [2.05, 4.69) is 4.74 Å². The molecule has 4 nitrogen and oxygen atoms in total. The van der Waals surface area contributed by atoms with Crippen molar-refractivity contribution < 1.29 is 14.3 Å². The van der Waals surface area contributed by atoms with Gasteiger partial charge in [-0.25, -0.2) is 0 Å². The first-order valence-electron chi connectivity index (χ1n) is 6.23. The van der Waals surface area contributed by atoms with E-state index >= 15 is 0 Å². The maximum atomic E-state index is 12.1. The van der Waals surface area contributed by atoms with E-state index in [9.17, 15) is 9.59 Å². The lowest BCUT2D eigenvalue weighted by atomic mass is 9.83. The third-order valence-electron chi connectivity index (χ3n) is 3.67. The van der Waals surface area contributed by atoms with E-state index in [4.69, 9.17) is 0 Å². The molecule has 1 aliphatic carbocycles. The van der Waals surface area contributed by atoms with Crippen molar-refractivity contribution in [3.05, 3.63) is 0 Å². The zero-order chi connectivity index (χ0) is 13.1. The van der Waals surface area contributed by atoms with Crippen LogP contribution in [-0.2, 0) is 14.3 Å². The van der Waals surface area contributed by atoms with Gasteiger partial charge in [0.15, 0.2) is 0 Å². The topological polar surface area (TPSA) is 46.6 Å². The van der Waals surface area contributed by atoms with E-state index in [1.165, 1.54) is 26.4 Å². The van der Waals surface area contributed by atoms with Crippen molar-refractivity contribution in [2.45, 2.75) is 39.5 Å². The van der Waals surface area contributed by atoms with Crippen LogP contribution in [0, 0.1) is 11.3 Å². The summed E-state index contributed by atoms with van der Waals surface area (Å²) in [5, 5.41) is 0. The number of hydrogen-bond donors (Lipinski definition) is 0. The van der Waals surface area contributed by atoms with Gasteiger partial charge in [-0.05, 0) is 26.2 Å². The van der Waals surface area contributed by atoms with Crippen molar-refractivity contribution in [2.75, 3.05) is 20.7 Å². The Bertz CT molecular complexity index is 295. The Morgan fingerprint density at radius 2 is 1.94 bits per heavy atom. The SMILES string of the molecule is COC(=O)C(C)(C)C(=O)N(C)CCC1CCC1. The van der Waals surface area contributed by atoms with Crippen LogP contribution in [0.5, 0.6) is 0 Å². The van der Waals surface area contributed by atoms with Gasteiger partial charge in [0, 0.05) is 13.6 Å². The van der Waals surface area contributed by atoms with Crippen LogP contribution in [0.15, 0.2) is 0 Å². The Morgan fingerprint density at radius 3 is 2.35 bits per heavy atom. The molecule has 1 fully saturated rings. The van der Waals surface area contributed by atoms with Crippen molar-refractivity contribution in [3.8, 4) is 0 Å². The third kappa shape index (κ3) is 3.20. The molecule has 1 amide bonds. The van der Waals surface area contributed by atoms with Crippen LogP contribution >= 0.6 is 0 Å². The molecule has 0 aromatic rings. The van der Waals surface area contributed by atoms with Crippen LogP contribution in [0.2, 0.25) is 0 Å². The molecule has 0 aliphatic heterocycles. The van der Waals surface area contributed by atoms with Gasteiger partial charge in [0.2, 0.25) is 5.91 Å². The second-order valence-electron chi connectivity index (χ2n) is 5.43. The predicted octanol–water partition coefficient (Wildman–Crippen LogP) is 1.83. The zero-order valence-corrected chi connectivity index (χ0v) is 11.3.